The average molecular weight is 222 g/mol. The van der Waals surface area contributed by atoms with Crippen LogP contribution in [0.3, 0.4) is 0 Å². The summed E-state index contributed by atoms with van der Waals surface area (Å²) >= 11 is 0. The third-order valence-corrected chi connectivity index (χ3v) is 2.93. The molecule has 0 spiro atoms. The molecular formula is C11H19LiO4. The van der Waals surface area contributed by atoms with Crippen molar-refractivity contribution in [2.24, 2.45) is 11.8 Å². The van der Waals surface area contributed by atoms with Crippen LogP contribution in [0.2, 0.25) is 0 Å². The van der Waals surface area contributed by atoms with Gasteiger partial charge in [0.2, 0.25) is 0 Å². The SMILES string of the molecule is CCOC(=O)C(C(=O)O)C1CCCCC1.[LiH]. The van der Waals surface area contributed by atoms with Crippen molar-refractivity contribution in [3.8, 4) is 0 Å². The van der Waals surface area contributed by atoms with E-state index in [0.717, 1.165) is 32.1 Å². The Hall–Kier alpha value is -0.463. The molecule has 88 valence electrons. The molecule has 0 aromatic heterocycles. The zero-order valence-corrected chi connectivity index (χ0v) is 9.07. The fourth-order valence-corrected chi connectivity index (χ4v) is 2.19. The summed E-state index contributed by atoms with van der Waals surface area (Å²) in [5, 5.41) is 9.02. The molecule has 1 fully saturated rings. The van der Waals surface area contributed by atoms with Crippen molar-refractivity contribution in [1.29, 1.82) is 0 Å². The van der Waals surface area contributed by atoms with E-state index in [2.05, 4.69) is 0 Å². The van der Waals surface area contributed by atoms with Gasteiger partial charge in [0.15, 0.2) is 5.92 Å². The van der Waals surface area contributed by atoms with Gasteiger partial charge in [0.1, 0.15) is 0 Å². The molecule has 0 bridgehead atoms. The minimum absolute atomic E-state index is 0. The number of hydrogen-bond acceptors (Lipinski definition) is 3. The predicted molar refractivity (Wildman–Crippen MR) is 61.5 cm³/mol. The molecule has 1 unspecified atom stereocenters. The van der Waals surface area contributed by atoms with E-state index in [1.54, 1.807) is 6.92 Å². The first kappa shape index (κ1) is 15.5. The summed E-state index contributed by atoms with van der Waals surface area (Å²) in [5.74, 6) is -2.60. The quantitative estimate of drug-likeness (QED) is 0.440. The molecule has 0 heterocycles. The van der Waals surface area contributed by atoms with Crippen molar-refractivity contribution < 1.29 is 19.4 Å². The van der Waals surface area contributed by atoms with Crippen LogP contribution in [0.1, 0.15) is 39.0 Å². The molecule has 1 aliphatic carbocycles. The normalized spacial score (nSPS) is 18.3. The van der Waals surface area contributed by atoms with Crippen LogP contribution in [0, 0.1) is 11.8 Å². The van der Waals surface area contributed by atoms with Gasteiger partial charge in [-0.25, -0.2) is 0 Å². The van der Waals surface area contributed by atoms with Crippen LogP contribution in [-0.2, 0) is 14.3 Å². The monoisotopic (exact) mass is 222 g/mol. The number of esters is 1. The fourth-order valence-electron chi connectivity index (χ4n) is 2.19. The fraction of sp³-hybridized carbons (Fsp3) is 0.818. The third kappa shape index (κ3) is 4.19. The van der Waals surface area contributed by atoms with E-state index in [1.807, 2.05) is 0 Å². The number of hydrogen-bond donors (Lipinski definition) is 1. The molecule has 1 rings (SSSR count). The van der Waals surface area contributed by atoms with Crippen molar-refractivity contribution >= 4 is 30.8 Å². The standard InChI is InChI=1S/C11H18O4.Li.H/c1-2-15-11(14)9(10(12)13)8-6-4-3-5-7-8;;/h8-9H,2-7H2,1H3,(H,12,13);;. The van der Waals surface area contributed by atoms with Gasteiger partial charge in [-0.15, -0.1) is 0 Å². The first-order valence-corrected chi connectivity index (χ1v) is 5.56. The Morgan fingerprint density at radius 3 is 2.31 bits per heavy atom. The predicted octanol–water partition coefficient (Wildman–Crippen LogP) is 1.18. The Labute approximate surface area is 108 Å². The number of aliphatic carboxylic acids is 1. The van der Waals surface area contributed by atoms with Crippen molar-refractivity contribution in [2.75, 3.05) is 6.61 Å². The molecule has 4 nitrogen and oxygen atoms in total. The Bertz CT molecular complexity index is 236. The van der Waals surface area contributed by atoms with E-state index in [-0.39, 0.29) is 31.4 Å². The molecular weight excluding hydrogens is 203 g/mol. The van der Waals surface area contributed by atoms with Crippen LogP contribution >= 0.6 is 0 Å². The van der Waals surface area contributed by atoms with E-state index < -0.39 is 17.9 Å². The Balaban J connectivity index is 0.00000225. The van der Waals surface area contributed by atoms with Gasteiger partial charge in [-0.2, -0.15) is 0 Å². The Kier molecular flexibility index (Phi) is 7.53. The van der Waals surface area contributed by atoms with Crippen LogP contribution in [0.25, 0.3) is 0 Å². The van der Waals surface area contributed by atoms with Gasteiger partial charge in [0.25, 0.3) is 0 Å². The van der Waals surface area contributed by atoms with Gasteiger partial charge < -0.3 is 9.84 Å². The minimum atomic E-state index is -1.04. The van der Waals surface area contributed by atoms with E-state index in [9.17, 15) is 9.59 Å². The average Bonchev–Trinajstić information content (AvgIpc) is 2.19. The summed E-state index contributed by atoms with van der Waals surface area (Å²) in [6, 6.07) is 0. The number of ether oxygens (including phenoxy) is 1. The molecule has 0 aromatic carbocycles. The van der Waals surface area contributed by atoms with E-state index in [4.69, 9.17) is 9.84 Å². The van der Waals surface area contributed by atoms with Crippen molar-refractivity contribution in [2.45, 2.75) is 39.0 Å². The van der Waals surface area contributed by atoms with Crippen LogP contribution < -0.4 is 0 Å². The number of rotatable bonds is 4. The third-order valence-electron chi connectivity index (χ3n) is 2.93. The maximum absolute atomic E-state index is 11.5. The molecule has 1 saturated carbocycles. The van der Waals surface area contributed by atoms with Gasteiger partial charge in [0, 0.05) is 0 Å². The molecule has 1 N–H and O–H groups in total. The van der Waals surface area contributed by atoms with Gasteiger partial charge in [-0.1, -0.05) is 19.3 Å². The van der Waals surface area contributed by atoms with Gasteiger partial charge in [-0.05, 0) is 25.7 Å². The molecule has 16 heavy (non-hydrogen) atoms. The van der Waals surface area contributed by atoms with Crippen LogP contribution in [0.4, 0.5) is 0 Å². The van der Waals surface area contributed by atoms with E-state index in [1.165, 1.54) is 0 Å². The Morgan fingerprint density at radius 1 is 1.31 bits per heavy atom. The number of carbonyl (C=O) groups is 2. The number of carbonyl (C=O) groups excluding carboxylic acids is 1. The van der Waals surface area contributed by atoms with Gasteiger partial charge in [-0.3, -0.25) is 9.59 Å². The van der Waals surface area contributed by atoms with Gasteiger partial charge in [0.05, 0.1) is 6.61 Å². The first-order valence-electron chi connectivity index (χ1n) is 5.56. The molecule has 1 aliphatic rings. The van der Waals surface area contributed by atoms with Gasteiger partial charge >= 0.3 is 30.8 Å². The Morgan fingerprint density at radius 2 is 1.88 bits per heavy atom. The van der Waals surface area contributed by atoms with Crippen LogP contribution in [-0.4, -0.2) is 42.5 Å². The van der Waals surface area contributed by atoms with E-state index >= 15 is 0 Å². The van der Waals surface area contributed by atoms with Crippen molar-refractivity contribution in [1.82, 2.24) is 0 Å². The van der Waals surface area contributed by atoms with Crippen LogP contribution in [0.15, 0.2) is 0 Å². The second-order valence-electron chi connectivity index (χ2n) is 3.97. The summed E-state index contributed by atoms with van der Waals surface area (Å²) in [4.78, 5) is 22.5. The second kappa shape index (κ2) is 7.75. The summed E-state index contributed by atoms with van der Waals surface area (Å²) in [6.07, 6.45) is 4.85. The summed E-state index contributed by atoms with van der Waals surface area (Å²) in [6.45, 7) is 1.94. The van der Waals surface area contributed by atoms with Crippen LogP contribution in [0.5, 0.6) is 0 Å². The summed E-state index contributed by atoms with van der Waals surface area (Å²) < 4.78 is 4.80. The molecule has 0 amide bonds. The number of carboxylic acids is 1. The summed E-state index contributed by atoms with van der Waals surface area (Å²) in [5.41, 5.74) is 0. The first-order chi connectivity index (χ1) is 7.16. The van der Waals surface area contributed by atoms with Crippen molar-refractivity contribution in [3.63, 3.8) is 0 Å². The molecule has 1 atom stereocenters. The zero-order valence-electron chi connectivity index (χ0n) is 9.07. The van der Waals surface area contributed by atoms with Crippen molar-refractivity contribution in [3.05, 3.63) is 0 Å². The molecule has 0 aliphatic heterocycles. The molecule has 0 saturated heterocycles. The summed E-state index contributed by atoms with van der Waals surface area (Å²) in [7, 11) is 0. The zero-order chi connectivity index (χ0) is 11.3. The molecule has 0 radical (unpaired) electrons. The topological polar surface area (TPSA) is 63.6 Å². The maximum atomic E-state index is 11.5. The number of carboxylic acid groups (broad SMARTS) is 1. The second-order valence-corrected chi connectivity index (χ2v) is 3.97. The molecule has 0 aromatic rings. The molecule has 5 heteroatoms. The van der Waals surface area contributed by atoms with E-state index in [0.29, 0.717) is 0 Å².